The number of carbonyl (C=O) groups is 1. The van der Waals surface area contributed by atoms with Crippen molar-refractivity contribution in [3.63, 3.8) is 0 Å². The van der Waals surface area contributed by atoms with E-state index >= 15 is 0 Å². The summed E-state index contributed by atoms with van der Waals surface area (Å²) in [6, 6.07) is 9.89. The zero-order valence-electron chi connectivity index (χ0n) is 9.51. The molecule has 4 nitrogen and oxygen atoms in total. The number of hydrogen-bond donors (Lipinski definition) is 1. The van der Waals surface area contributed by atoms with Gasteiger partial charge >= 0.3 is 0 Å². The lowest BCUT2D eigenvalue weighted by Crippen LogP contribution is -2.21. The van der Waals surface area contributed by atoms with Gasteiger partial charge in [-0.3, -0.25) is 4.79 Å². The molecule has 0 bridgehead atoms. The van der Waals surface area contributed by atoms with Gasteiger partial charge < -0.3 is 5.32 Å². The molecule has 0 fully saturated rings. The molecule has 0 aliphatic heterocycles. The molecule has 0 saturated heterocycles. The molecule has 0 saturated carbocycles. The van der Waals surface area contributed by atoms with Gasteiger partial charge in [0.15, 0.2) is 0 Å². The Balaban J connectivity index is 2.04. The summed E-state index contributed by atoms with van der Waals surface area (Å²) in [5, 5.41) is 12.6. The minimum atomic E-state index is 0.0291. The number of aromatic nitrogens is 2. The molecule has 17 heavy (non-hydrogen) atoms. The predicted octanol–water partition coefficient (Wildman–Crippen LogP) is 2.23. The summed E-state index contributed by atoms with van der Waals surface area (Å²) in [5.41, 5.74) is 1.05. The van der Waals surface area contributed by atoms with Gasteiger partial charge in [-0.1, -0.05) is 48.6 Å². The Morgan fingerprint density at radius 1 is 1.29 bits per heavy atom. The van der Waals surface area contributed by atoms with E-state index < -0.39 is 0 Å². The first kappa shape index (κ1) is 11.7. The third-order valence-corrected chi connectivity index (χ3v) is 3.22. The highest BCUT2D eigenvalue weighted by Gasteiger charge is 2.06. The monoisotopic (exact) mass is 247 g/mol. The second kappa shape index (κ2) is 5.54. The van der Waals surface area contributed by atoms with Crippen LogP contribution < -0.4 is 5.32 Å². The Morgan fingerprint density at radius 3 is 2.76 bits per heavy atom. The van der Waals surface area contributed by atoms with Crippen molar-refractivity contribution in [2.24, 2.45) is 0 Å². The zero-order chi connectivity index (χ0) is 12.1. The molecule has 0 aliphatic rings. The van der Waals surface area contributed by atoms with E-state index in [-0.39, 0.29) is 5.91 Å². The standard InChI is InChI=1S/C12H13N3OS/c1-2-10(16)13-8-11-14-15-12(17-11)9-6-4-3-5-7-9/h3-7H,2,8H2,1H3,(H,13,16). The smallest absolute Gasteiger partial charge is 0.220 e. The van der Waals surface area contributed by atoms with Crippen LogP contribution >= 0.6 is 11.3 Å². The fraction of sp³-hybridized carbons (Fsp3) is 0.250. The van der Waals surface area contributed by atoms with Crippen molar-refractivity contribution in [3.05, 3.63) is 35.3 Å². The predicted molar refractivity (Wildman–Crippen MR) is 67.5 cm³/mol. The second-order valence-electron chi connectivity index (χ2n) is 3.50. The van der Waals surface area contributed by atoms with Gasteiger partial charge in [-0.2, -0.15) is 0 Å². The summed E-state index contributed by atoms with van der Waals surface area (Å²) in [5.74, 6) is 0.0291. The molecular weight excluding hydrogens is 234 g/mol. The van der Waals surface area contributed by atoms with Gasteiger partial charge in [0.1, 0.15) is 10.0 Å². The van der Waals surface area contributed by atoms with Gasteiger partial charge in [0.05, 0.1) is 6.54 Å². The Hall–Kier alpha value is -1.75. The average Bonchev–Trinajstić information content (AvgIpc) is 2.86. The average molecular weight is 247 g/mol. The van der Waals surface area contributed by atoms with Crippen LogP contribution in [0, 0.1) is 0 Å². The quantitative estimate of drug-likeness (QED) is 0.901. The van der Waals surface area contributed by atoms with Crippen molar-refractivity contribution < 1.29 is 4.79 Å². The molecule has 0 aliphatic carbocycles. The summed E-state index contributed by atoms with van der Waals surface area (Å²) in [6.45, 7) is 2.28. The third kappa shape index (κ3) is 3.10. The van der Waals surface area contributed by atoms with Gasteiger partial charge in [0.25, 0.3) is 0 Å². The summed E-state index contributed by atoms with van der Waals surface area (Å²) >= 11 is 1.50. The molecule has 88 valence electrons. The number of amides is 1. The molecule has 1 amide bonds. The molecule has 0 radical (unpaired) electrons. The van der Waals surface area contributed by atoms with Crippen molar-refractivity contribution in [3.8, 4) is 10.6 Å². The number of nitrogens with one attached hydrogen (secondary N) is 1. The van der Waals surface area contributed by atoms with E-state index in [1.807, 2.05) is 37.3 Å². The van der Waals surface area contributed by atoms with E-state index in [1.165, 1.54) is 11.3 Å². The third-order valence-electron chi connectivity index (χ3n) is 2.25. The van der Waals surface area contributed by atoms with E-state index in [9.17, 15) is 4.79 Å². The SMILES string of the molecule is CCC(=O)NCc1nnc(-c2ccccc2)s1. The molecule has 1 aromatic heterocycles. The number of nitrogens with zero attached hydrogens (tertiary/aromatic N) is 2. The van der Waals surface area contributed by atoms with Crippen LogP contribution in [0.25, 0.3) is 10.6 Å². The summed E-state index contributed by atoms with van der Waals surface area (Å²) in [6.07, 6.45) is 0.490. The Kier molecular flexibility index (Phi) is 3.82. The molecule has 1 aromatic carbocycles. The second-order valence-corrected chi connectivity index (χ2v) is 4.56. The Morgan fingerprint density at radius 2 is 2.06 bits per heavy atom. The van der Waals surface area contributed by atoms with E-state index in [0.29, 0.717) is 13.0 Å². The van der Waals surface area contributed by atoms with Crippen molar-refractivity contribution >= 4 is 17.2 Å². The Bertz CT molecular complexity index is 495. The maximum absolute atomic E-state index is 11.1. The summed E-state index contributed by atoms with van der Waals surface area (Å²) in [7, 11) is 0. The van der Waals surface area contributed by atoms with Gasteiger partial charge in [0.2, 0.25) is 5.91 Å². The highest BCUT2D eigenvalue weighted by Crippen LogP contribution is 2.22. The minimum Gasteiger partial charge on any atom is -0.350 e. The van der Waals surface area contributed by atoms with Crippen molar-refractivity contribution in [2.45, 2.75) is 19.9 Å². The first-order valence-electron chi connectivity index (χ1n) is 5.44. The molecule has 0 atom stereocenters. The van der Waals surface area contributed by atoms with Crippen molar-refractivity contribution in [1.29, 1.82) is 0 Å². The molecule has 1 N–H and O–H groups in total. The topological polar surface area (TPSA) is 54.9 Å². The maximum Gasteiger partial charge on any atom is 0.220 e. The van der Waals surface area contributed by atoms with Crippen LogP contribution in [0.2, 0.25) is 0 Å². The number of carbonyl (C=O) groups excluding carboxylic acids is 1. The zero-order valence-corrected chi connectivity index (χ0v) is 10.3. The largest absolute Gasteiger partial charge is 0.350 e. The molecule has 1 heterocycles. The number of hydrogen-bond acceptors (Lipinski definition) is 4. The highest BCUT2D eigenvalue weighted by atomic mass is 32.1. The van der Waals surface area contributed by atoms with Gasteiger partial charge in [-0.05, 0) is 0 Å². The fourth-order valence-electron chi connectivity index (χ4n) is 1.32. The molecule has 0 unspecified atom stereocenters. The number of rotatable bonds is 4. The lowest BCUT2D eigenvalue weighted by atomic mass is 10.2. The van der Waals surface area contributed by atoms with Gasteiger partial charge in [0, 0.05) is 12.0 Å². The van der Waals surface area contributed by atoms with Crippen molar-refractivity contribution in [1.82, 2.24) is 15.5 Å². The molecule has 2 rings (SSSR count). The van der Waals surface area contributed by atoms with Crippen LogP contribution in [-0.4, -0.2) is 16.1 Å². The first-order chi connectivity index (χ1) is 8.29. The maximum atomic E-state index is 11.1. The van der Waals surface area contributed by atoms with E-state index in [2.05, 4.69) is 15.5 Å². The van der Waals surface area contributed by atoms with E-state index in [0.717, 1.165) is 15.6 Å². The molecule has 2 aromatic rings. The van der Waals surface area contributed by atoms with Crippen molar-refractivity contribution in [2.75, 3.05) is 0 Å². The van der Waals surface area contributed by atoms with Crippen LogP contribution in [0.1, 0.15) is 18.4 Å². The Labute approximate surface area is 104 Å². The normalized spacial score (nSPS) is 10.2. The summed E-state index contributed by atoms with van der Waals surface area (Å²) < 4.78 is 0. The molecular formula is C12H13N3OS. The first-order valence-corrected chi connectivity index (χ1v) is 6.25. The molecule has 5 heteroatoms. The highest BCUT2D eigenvalue weighted by molar-refractivity contribution is 7.14. The van der Waals surface area contributed by atoms with Crippen LogP contribution in [0.3, 0.4) is 0 Å². The lowest BCUT2D eigenvalue weighted by Gasteiger charge is -1.97. The summed E-state index contributed by atoms with van der Waals surface area (Å²) in [4.78, 5) is 11.1. The van der Waals surface area contributed by atoms with Gasteiger partial charge in [-0.25, -0.2) is 0 Å². The fourth-order valence-corrected chi connectivity index (χ4v) is 2.11. The minimum absolute atomic E-state index is 0.0291. The number of benzene rings is 1. The van der Waals surface area contributed by atoms with Crippen LogP contribution in [0.15, 0.2) is 30.3 Å². The van der Waals surface area contributed by atoms with Gasteiger partial charge in [-0.15, -0.1) is 10.2 Å². The van der Waals surface area contributed by atoms with Crippen LogP contribution in [0.5, 0.6) is 0 Å². The van der Waals surface area contributed by atoms with Crippen LogP contribution in [-0.2, 0) is 11.3 Å². The lowest BCUT2D eigenvalue weighted by molar-refractivity contribution is -0.120. The van der Waals surface area contributed by atoms with E-state index in [1.54, 1.807) is 0 Å². The molecule has 0 spiro atoms. The van der Waals surface area contributed by atoms with E-state index in [4.69, 9.17) is 0 Å². The van der Waals surface area contributed by atoms with Crippen LogP contribution in [0.4, 0.5) is 0 Å².